The predicted octanol–water partition coefficient (Wildman–Crippen LogP) is 2.35. The lowest BCUT2D eigenvalue weighted by Gasteiger charge is -2.29. The van der Waals surface area contributed by atoms with Gasteiger partial charge in [-0.15, -0.1) is 0 Å². The highest BCUT2D eigenvalue weighted by molar-refractivity contribution is 5.72. The van der Waals surface area contributed by atoms with Crippen molar-refractivity contribution in [1.29, 1.82) is 0 Å². The van der Waals surface area contributed by atoms with Gasteiger partial charge in [-0.25, -0.2) is 0 Å². The van der Waals surface area contributed by atoms with E-state index in [1.54, 1.807) is 0 Å². The Balaban J connectivity index is 2.23. The maximum Gasteiger partial charge on any atom is 0.309 e. The van der Waals surface area contributed by atoms with Gasteiger partial charge in [-0.1, -0.05) is 26.2 Å². The van der Waals surface area contributed by atoms with Crippen molar-refractivity contribution in [3.8, 4) is 0 Å². The Labute approximate surface area is 98.9 Å². The smallest absolute Gasteiger partial charge is 0.309 e. The Kier molecular flexibility index (Phi) is 5.81. The summed E-state index contributed by atoms with van der Waals surface area (Å²) in [6, 6.07) is 0.521. The van der Waals surface area contributed by atoms with Gasteiger partial charge in [0, 0.05) is 12.6 Å². The Hall–Kier alpha value is -0.570. The third-order valence-electron chi connectivity index (χ3n) is 3.71. The molecule has 3 heteroatoms. The lowest BCUT2D eigenvalue weighted by Crippen LogP contribution is -2.38. The van der Waals surface area contributed by atoms with Crippen molar-refractivity contribution >= 4 is 5.97 Å². The van der Waals surface area contributed by atoms with Crippen molar-refractivity contribution in [2.24, 2.45) is 11.8 Å². The van der Waals surface area contributed by atoms with E-state index in [9.17, 15) is 4.79 Å². The summed E-state index contributed by atoms with van der Waals surface area (Å²) in [6.45, 7) is 4.87. The van der Waals surface area contributed by atoms with Crippen LogP contribution in [0.4, 0.5) is 0 Å². The minimum Gasteiger partial charge on any atom is -0.469 e. The molecule has 1 saturated carbocycles. The highest BCUT2D eigenvalue weighted by Gasteiger charge is 2.21. The number of hydrogen-bond acceptors (Lipinski definition) is 3. The number of carbonyl (C=O) groups excluding carboxylic acids is 1. The molecule has 0 aromatic heterocycles. The second-order valence-electron chi connectivity index (χ2n) is 5.02. The van der Waals surface area contributed by atoms with E-state index in [1.165, 1.54) is 39.2 Å². The zero-order valence-electron chi connectivity index (χ0n) is 10.8. The van der Waals surface area contributed by atoms with Crippen LogP contribution in [0, 0.1) is 11.8 Å². The molecule has 0 bridgehead atoms. The first kappa shape index (κ1) is 13.5. The van der Waals surface area contributed by atoms with Crippen LogP contribution in [0.25, 0.3) is 0 Å². The van der Waals surface area contributed by atoms with Crippen LogP contribution in [0.2, 0.25) is 0 Å². The van der Waals surface area contributed by atoms with Gasteiger partial charge in [-0.05, 0) is 25.7 Å². The largest absolute Gasteiger partial charge is 0.469 e. The van der Waals surface area contributed by atoms with Gasteiger partial charge in [0.25, 0.3) is 0 Å². The Bertz CT molecular complexity index is 212. The van der Waals surface area contributed by atoms with Crippen LogP contribution in [0.5, 0.6) is 0 Å². The first-order valence-electron chi connectivity index (χ1n) is 6.46. The number of esters is 1. The van der Waals surface area contributed by atoms with Crippen LogP contribution in [0.1, 0.15) is 46.0 Å². The van der Waals surface area contributed by atoms with E-state index in [-0.39, 0.29) is 11.9 Å². The topological polar surface area (TPSA) is 38.3 Å². The number of nitrogens with one attached hydrogen (secondary N) is 1. The lowest BCUT2D eigenvalue weighted by atomic mass is 9.84. The van der Waals surface area contributed by atoms with E-state index in [0.29, 0.717) is 6.04 Å². The van der Waals surface area contributed by atoms with Crippen molar-refractivity contribution in [2.45, 2.75) is 52.0 Å². The molecule has 1 N–H and O–H groups in total. The third-order valence-corrected chi connectivity index (χ3v) is 3.71. The molecule has 94 valence electrons. The number of ether oxygens (including phenoxy) is 1. The van der Waals surface area contributed by atoms with Crippen molar-refractivity contribution < 1.29 is 9.53 Å². The second-order valence-corrected chi connectivity index (χ2v) is 5.02. The molecule has 0 aliphatic heterocycles. The highest BCUT2D eigenvalue weighted by Crippen LogP contribution is 2.26. The lowest BCUT2D eigenvalue weighted by molar-refractivity contribution is -0.144. The molecular formula is C13H25NO2. The minimum atomic E-state index is -0.122. The maximum atomic E-state index is 11.2. The van der Waals surface area contributed by atoms with E-state index in [4.69, 9.17) is 4.74 Å². The van der Waals surface area contributed by atoms with Crippen molar-refractivity contribution in [1.82, 2.24) is 5.32 Å². The zero-order chi connectivity index (χ0) is 12.0. The van der Waals surface area contributed by atoms with Gasteiger partial charge in [-0.2, -0.15) is 0 Å². The first-order chi connectivity index (χ1) is 7.65. The summed E-state index contributed by atoms with van der Waals surface area (Å²) in [4.78, 5) is 11.2. The van der Waals surface area contributed by atoms with Crippen molar-refractivity contribution in [2.75, 3.05) is 13.7 Å². The molecule has 0 spiro atoms. The molecule has 0 saturated heterocycles. The predicted molar refractivity (Wildman–Crippen MR) is 65.2 cm³/mol. The number of hydrogen-bond donors (Lipinski definition) is 1. The molecule has 0 amide bonds. The molecule has 1 aliphatic rings. The fourth-order valence-electron chi connectivity index (χ4n) is 2.45. The standard InChI is InChI=1S/C13H25NO2/c1-10(13(15)16-3)9-14-11(2)12-7-5-4-6-8-12/h10-12,14H,4-9H2,1-3H3/t10?,11-/m1/s1. The molecule has 2 atom stereocenters. The van der Waals surface area contributed by atoms with Crippen molar-refractivity contribution in [3.63, 3.8) is 0 Å². The SMILES string of the molecule is COC(=O)C(C)CN[C@H](C)C1CCCCC1. The second kappa shape index (κ2) is 6.89. The average Bonchev–Trinajstić information content (AvgIpc) is 2.35. The van der Waals surface area contributed by atoms with E-state index >= 15 is 0 Å². The Morgan fingerprint density at radius 2 is 1.94 bits per heavy atom. The quantitative estimate of drug-likeness (QED) is 0.733. The fraction of sp³-hybridized carbons (Fsp3) is 0.923. The highest BCUT2D eigenvalue weighted by atomic mass is 16.5. The summed E-state index contributed by atoms with van der Waals surface area (Å²) in [6.07, 6.45) is 6.79. The van der Waals surface area contributed by atoms with Gasteiger partial charge < -0.3 is 10.1 Å². The summed E-state index contributed by atoms with van der Waals surface area (Å²) in [5.41, 5.74) is 0. The van der Waals surface area contributed by atoms with E-state index in [0.717, 1.165) is 12.5 Å². The molecule has 0 heterocycles. The fourth-order valence-corrected chi connectivity index (χ4v) is 2.45. The van der Waals surface area contributed by atoms with Crippen LogP contribution < -0.4 is 5.32 Å². The van der Waals surface area contributed by atoms with E-state index in [1.807, 2.05) is 6.92 Å². The van der Waals surface area contributed by atoms with Crippen LogP contribution in [0.15, 0.2) is 0 Å². The molecule has 0 aromatic carbocycles. The summed E-state index contributed by atoms with van der Waals surface area (Å²) < 4.78 is 4.71. The Morgan fingerprint density at radius 1 is 1.31 bits per heavy atom. The number of rotatable bonds is 5. The molecule has 1 unspecified atom stereocenters. The van der Waals surface area contributed by atoms with E-state index in [2.05, 4.69) is 12.2 Å². The van der Waals surface area contributed by atoms with Gasteiger partial charge in [0.05, 0.1) is 13.0 Å². The molecule has 1 fully saturated rings. The average molecular weight is 227 g/mol. The maximum absolute atomic E-state index is 11.2. The van der Waals surface area contributed by atoms with Crippen LogP contribution in [0.3, 0.4) is 0 Å². The monoisotopic (exact) mass is 227 g/mol. The normalized spacial score (nSPS) is 21.4. The number of carbonyl (C=O) groups is 1. The van der Waals surface area contributed by atoms with Crippen LogP contribution in [-0.4, -0.2) is 25.7 Å². The number of methoxy groups -OCH3 is 1. The van der Waals surface area contributed by atoms with Gasteiger partial charge in [0.15, 0.2) is 0 Å². The van der Waals surface area contributed by atoms with Gasteiger partial charge in [-0.3, -0.25) is 4.79 Å². The van der Waals surface area contributed by atoms with Crippen LogP contribution in [-0.2, 0) is 9.53 Å². The molecule has 0 aromatic rings. The molecular weight excluding hydrogens is 202 g/mol. The molecule has 1 aliphatic carbocycles. The summed E-state index contributed by atoms with van der Waals surface area (Å²) >= 11 is 0. The summed E-state index contributed by atoms with van der Waals surface area (Å²) in [5.74, 6) is 0.623. The minimum absolute atomic E-state index is 0.0453. The summed E-state index contributed by atoms with van der Waals surface area (Å²) in [5, 5.41) is 3.47. The molecule has 16 heavy (non-hydrogen) atoms. The molecule has 3 nitrogen and oxygen atoms in total. The molecule has 1 rings (SSSR count). The van der Waals surface area contributed by atoms with Crippen molar-refractivity contribution in [3.05, 3.63) is 0 Å². The van der Waals surface area contributed by atoms with Gasteiger partial charge >= 0.3 is 5.97 Å². The first-order valence-corrected chi connectivity index (χ1v) is 6.46. The zero-order valence-corrected chi connectivity index (χ0v) is 10.8. The summed E-state index contributed by atoms with van der Waals surface area (Å²) in [7, 11) is 1.45. The third kappa shape index (κ3) is 4.12. The molecule has 0 radical (unpaired) electrons. The van der Waals surface area contributed by atoms with E-state index < -0.39 is 0 Å². The Morgan fingerprint density at radius 3 is 2.50 bits per heavy atom. The van der Waals surface area contributed by atoms with Crippen LogP contribution >= 0.6 is 0 Å². The van der Waals surface area contributed by atoms with Gasteiger partial charge in [0.1, 0.15) is 0 Å². The van der Waals surface area contributed by atoms with Gasteiger partial charge in [0.2, 0.25) is 0 Å².